The van der Waals surface area contributed by atoms with Gasteiger partial charge in [-0.3, -0.25) is 9.59 Å². The number of hydrogen-bond donors (Lipinski definition) is 2. The van der Waals surface area contributed by atoms with Gasteiger partial charge in [0.05, 0.1) is 19.8 Å². The van der Waals surface area contributed by atoms with E-state index in [0.29, 0.717) is 33.8 Å². The maximum Gasteiger partial charge on any atom is 0.257 e. The van der Waals surface area contributed by atoms with Crippen molar-refractivity contribution in [3.05, 3.63) is 52.3 Å². The van der Waals surface area contributed by atoms with Gasteiger partial charge in [0, 0.05) is 18.1 Å². The van der Waals surface area contributed by atoms with Crippen molar-refractivity contribution in [3.8, 4) is 11.5 Å². The molecule has 0 saturated carbocycles. The Hall–Kier alpha value is -2.74. The van der Waals surface area contributed by atoms with Crippen LogP contribution < -0.4 is 20.3 Å². The predicted molar refractivity (Wildman–Crippen MR) is 100 cm³/mol. The average Bonchev–Trinajstić information content (AvgIpc) is 2.64. The number of hydrogen-bond acceptors (Lipinski definition) is 6. The van der Waals surface area contributed by atoms with Crippen LogP contribution in [-0.4, -0.2) is 35.8 Å². The number of thioether (sulfide) groups is 1. The van der Waals surface area contributed by atoms with Gasteiger partial charge in [-0.25, -0.2) is 4.98 Å². The first-order chi connectivity index (χ1) is 12.6. The number of amides is 1. The smallest absolute Gasteiger partial charge is 0.257 e. The number of rotatable bonds is 6. The molecule has 1 aromatic carbocycles. The Morgan fingerprint density at radius 1 is 1.31 bits per heavy atom. The maximum atomic E-state index is 12.7. The lowest BCUT2D eigenvalue weighted by atomic mass is 9.86. The minimum atomic E-state index is -0.409. The number of H-pyrrole nitrogens is 1. The van der Waals surface area contributed by atoms with Crippen molar-refractivity contribution in [1.82, 2.24) is 9.97 Å². The fourth-order valence-electron chi connectivity index (χ4n) is 2.91. The standard InChI is InChI=1S/C18H19N3O4S/c1-4-7-26-18-20-16-15(17(23)21-18)11(9-14(22)19-16)10-5-6-12(24-2)13(8-10)25-3/h4-6,8,11H,1,7,9H2,2-3H3,(H2,19,20,21,22,23). The third-order valence-corrected chi connectivity index (χ3v) is 4.95. The van der Waals surface area contributed by atoms with E-state index in [4.69, 9.17) is 9.47 Å². The molecule has 1 aliphatic rings. The second kappa shape index (κ2) is 7.65. The molecule has 3 rings (SSSR count). The van der Waals surface area contributed by atoms with E-state index in [-0.39, 0.29) is 17.9 Å². The first kappa shape index (κ1) is 18.1. The van der Waals surface area contributed by atoms with Crippen molar-refractivity contribution in [2.75, 3.05) is 25.3 Å². The summed E-state index contributed by atoms with van der Waals surface area (Å²) < 4.78 is 10.6. The minimum absolute atomic E-state index is 0.159. The van der Waals surface area contributed by atoms with Gasteiger partial charge >= 0.3 is 0 Å². The third-order valence-electron chi connectivity index (χ3n) is 4.08. The Labute approximate surface area is 154 Å². The number of nitrogens with one attached hydrogen (secondary N) is 2. The molecule has 0 bridgehead atoms. The van der Waals surface area contributed by atoms with Crippen molar-refractivity contribution >= 4 is 23.5 Å². The van der Waals surface area contributed by atoms with Crippen LogP contribution in [0.5, 0.6) is 11.5 Å². The lowest BCUT2D eigenvalue weighted by molar-refractivity contribution is -0.116. The van der Waals surface area contributed by atoms with Crippen molar-refractivity contribution in [3.63, 3.8) is 0 Å². The molecule has 8 heteroatoms. The Morgan fingerprint density at radius 2 is 2.08 bits per heavy atom. The number of methoxy groups -OCH3 is 2. The van der Waals surface area contributed by atoms with E-state index in [9.17, 15) is 9.59 Å². The summed E-state index contributed by atoms with van der Waals surface area (Å²) in [6.07, 6.45) is 1.88. The summed E-state index contributed by atoms with van der Waals surface area (Å²) in [6.45, 7) is 3.65. The number of anilines is 1. The van der Waals surface area contributed by atoms with Gasteiger partial charge < -0.3 is 19.8 Å². The molecule has 0 fully saturated rings. The molecular formula is C18H19N3O4S. The number of nitrogens with zero attached hydrogens (tertiary/aromatic N) is 1. The lowest BCUT2D eigenvalue weighted by Gasteiger charge is -2.25. The second-order valence-corrected chi connectivity index (χ2v) is 6.66. The van der Waals surface area contributed by atoms with Gasteiger partial charge in [0.2, 0.25) is 5.91 Å². The molecule has 1 amide bonds. The van der Waals surface area contributed by atoms with Gasteiger partial charge in [0.25, 0.3) is 5.56 Å². The topological polar surface area (TPSA) is 93.3 Å². The fraction of sp³-hybridized carbons (Fsp3) is 0.278. The summed E-state index contributed by atoms with van der Waals surface area (Å²) >= 11 is 1.34. The van der Waals surface area contributed by atoms with Gasteiger partial charge in [0.1, 0.15) is 5.82 Å². The van der Waals surface area contributed by atoms with Crippen LogP contribution in [0.4, 0.5) is 5.82 Å². The van der Waals surface area contributed by atoms with Crippen LogP contribution in [-0.2, 0) is 4.79 Å². The lowest BCUT2D eigenvalue weighted by Crippen LogP contribution is -2.31. The van der Waals surface area contributed by atoms with Gasteiger partial charge in [-0.05, 0) is 17.7 Å². The van der Waals surface area contributed by atoms with E-state index in [1.54, 1.807) is 32.4 Å². The Balaban J connectivity index is 2.07. The Bertz CT molecular complexity index is 910. The highest BCUT2D eigenvalue weighted by Gasteiger charge is 2.31. The van der Waals surface area contributed by atoms with Crippen LogP contribution in [0, 0.1) is 0 Å². The Morgan fingerprint density at radius 3 is 2.77 bits per heavy atom. The molecule has 0 radical (unpaired) electrons. The fourth-order valence-corrected chi connectivity index (χ4v) is 3.51. The normalized spacial score (nSPS) is 15.8. The number of fused-ring (bicyclic) bond motifs is 1. The zero-order chi connectivity index (χ0) is 18.7. The van der Waals surface area contributed by atoms with Gasteiger partial charge in [0.15, 0.2) is 16.7 Å². The molecule has 0 aliphatic carbocycles. The van der Waals surface area contributed by atoms with Crippen LogP contribution in [0.25, 0.3) is 0 Å². The second-order valence-electron chi connectivity index (χ2n) is 5.65. The largest absolute Gasteiger partial charge is 0.493 e. The predicted octanol–water partition coefficient (Wildman–Crippen LogP) is 2.54. The molecule has 0 spiro atoms. The van der Waals surface area contributed by atoms with Crippen LogP contribution >= 0.6 is 11.8 Å². The van der Waals surface area contributed by atoms with Crippen LogP contribution in [0.2, 0.25) is 0 Å². The monoisotopic (exact) mass is 373 g/mol. The van der Waals surface area contributed by atoms with E-state index in [1.807, 2.05) is 6.07 Å². The number of aromatic nitrogens is 2. The van der Waals surface area contributed by atoms with Crippen molar-refractivity contribution in [1.29, 1.82) is 0 Å². The first-order valence-electron chi connectivity index (χ1n) is 7.97. The van der Waals surface area contributed by atoms with Crippen LogP contribution in [0.15, 0.2) is 40.8 Å². The van der Waals surface area contributed by atoms with Crippen LogP contribution in [0.3, 0.4) is 0 Å². The molecule has 1 aromatic heterocycles. The van der Waals surface area contributed by atoms with E-state index < -0.39 is 5.92 Å². The molecule has 1 aliphatic heterocycles. The van der Waals surface area contributed by atoms with Gasteiger partial charge in [-0.15, -0.1) is 6.58 Å². The highest BCUT2D eigenvalue weighted by molar-refractivity contribution is 7.99. The molecule has 136 valence electrons. The number of aromatic amines is 1. The first-order valence-corrected chi connectivity index (χ1v) is 8.95. The van der Waals surface area contributed by atoms with Gasteiger partial charge in [-0.2, -0.15) is 0 Å². The molecule has 2 heterocycles. The molecule has 0 saturated heterocycles. The van der Waals surface area contributed by atoms with E-state index in [2.05, 4.69) is 21.9 Å². The summed E-state index contributed by atoms with van der Waals surface area (Å²) in [5, 5.41) is 3.15. The zero-order valence-electron chi connectivity index (χ0n) is 14.5. The van der Waals surface area contributed by atoms with Crippen molar-refractivity contribution < 1.29 is 14.3 Å². The number of carbonyl (C=O) groups excluding carboxylic acids is 1. The summed E-state index contributed by atoms with van der Waals surface area (Å²) in [4.78, 5) is 32.0. The van der Waals surface area contributed by atoms with Gasteiger partial charge in [-0.1, -0.05) is 23.9 Å². The average molecular weight is 373 g/mol. The summed E-state index contributed by atoms with van der Waals surface area (Å²) in [7, 11) is 3.10. The summed E-state index contributed by atoms with van der Waals surface area (Å²) in [5.41, 5.74) is 0.971. The highest BCUT2D eigenvalue weighted by atomic mass is 32.2. The molecule has 2 N–H and O–H groups in total. The van der Waals surface area contributed by atoms with E-state index in [0.717, 1.165) is 5.56 Å². The van der Waals surface area contributed by atoms with Crippen molar-refractivity contribution in [2.24, 2.45) is 0 Å². The highest BCUT2D eigenvalue weighted by Crippen LogP contribution is 2.38. The molecule has 7 nitrogen and oxygen atoms in total. The number of ether oxygens (including phenoxy) is 2. The summed E-state index contributed by atoms with van der Waals surface area (Å²) in [6, 6.07) is 5.37. The molecular weight excluding hydrogens is 354 g/mol. The third kappa shape index (κ3) is 3.45. The molecule has 26 heavy (non-hydrogen) atoms. The molecule has 1 unspecified atom stereocenters. The minimum Gasteiger partial charge on any atom is -0.493 e. The zero-order valence-corrected chi connectivity index (χ0v) is 15.3. The SMILES string of the molecule is C=CCSc1nc2c(c(=O)[nH]1)C(c1ccc(OC)c(OC)c1)CC(=O)N2. The molecule has 2 aromatic rings. The quantitative estimate of drug-likeness (QED) is 0.459. The number of carbonyl (C=O) groups is 1. The summed E-state index contributed by atoms with van der Waals surface area (Å²) in [5.74, 6) is 1.44. The van der Waals surface area contributed by atoms with Crippen LogP contribution in [0.1, 0.15) is 23.5 Å². The van der Waals surface area contributed by atoms with E-state index >= 15 is 0 Å². The maximum absolute atomic E-state index is 12.7. The van der Waals surface area contributed by atoms with E-state index in [1.165, 1.54) is 11.8 Å². The Kier molecular flexibility index (Phi) is 5.32. The molecule has 1 atom stereocenters. The number of benzene rings is 1. The van der Waals surface area contributed by atoms with Crippen molar-refractivity contribution in [2.45, 2.75) is 17.5 Å².